The summed E-state index contributed by atoms with van der Waals surface area (Å²) in [5.41, 5.74) is 0. The van der Waals surface area contributed by atoms with Crippen LogP contribution < -0.4 is 10.6 Å². The van der Waals surface area contributed by atoms with Crippen molar-refractivity contribution in [1.82, 2.24) is 15.1 Å². The van der Waals surface area contributed by atoms with Crippen molar-refractivity contribution in [2.45, 2.75) is 6.92 Å². The van der Waals surface area contributed by atoms with Crippen LogP contribution in [0.4, 0.5) is 10.6 Å². The molecule has 1 heterocycles. The van der Waals surface area contributed by atoms with Crippen LogP contribution in [0.5, 0.6) is 0 Å². The molecule has 0 aliphatic carbocycles. The van der Waals surface area contributed by atoms with E-state index in [2.05, 4.69) is 20.5 Å². The average molecular weight is 226 g/mol. The number of ether oxygens (including phenoxy) is 1. The van der Waals surface area contributed by atoms with E-state index < -0.39 is 12.0 Å². The smallest absolute Gasteiger partial charge is 0.325 e. The van der Waals surface area contributed by atoms with E-state index in [-0.39, 0.29) is 6.54 Å². The van der Waals surface area contributed by atoms with Crippen LogP contribution in [0.25, 0.3) is 0 Å². The second-order valence-corrected chi connectivity index (χ2v) is 2.95. The molecule has 88 valence electrons. The van der Waals surface area contributed by atoms with Gasteiger partial charge in [0.1, 0.15) is 12.4 Å². The molecule has 2 amide bonds. The van der Waals surface area contributed by atoms with Crippen LogP contribution >= 0.6 is 0 Å². The van der Waals surface area contributed by atoms with E-state index >= 15 is 0 Å². The lowest BCUT2D eigenvalue weighted by molar-refractivity contribution is -0.141. The molecule has 0 radical (unpaired) electrons. The predicted molar refractivity (Wildman–Crippen MR) is 56.9 cm³/mol. The summed E-state index contributed by atoms with van der Waals surface area (Å²) in [5.74, 6) is 0.0732. The minimum atomic E-state index is -0.475. The molecule has 0 saturated carbocycles. The molecule has 0 fully saturated rings. The number of hydrogen-bond donors (Lipinski definition) is 2. The number of nitrogens with zero attached hydrogens (tertiary/aromatic N) is 2. The van der Waals surface area contributed by atoms with Crippen molar-refractivity contribution in [2.75, 3.05) is 18.5 Å². The molecule has 16 heavy (non-hydrogen) atoms. The summed E-state index contributed by atoms with van der Waals surface area (Å²) in [7, 11) is 1.70. The Morgan fingerprint density at radius 2 is 2.31 bits per heavy atom. The second kappa shape index (κ2) is 5.74. The molecule has 7 heteroatoms. The lowest BCUT2D eigenvalue weighted by atomic mass is 10.6. The van der Waals surface area contributed by atoms with Gasteiger partial charge in [-0.15, -0.1) is 0 Å². The Labute approximate surface area is 92.8 Å². The van der Waals surface area contributed by atoms with Gasteiger partial charge in [-0.3, -0.25) is 14.8 Å². The van der Waals surface area contributed by atoms with Crippen molar-refractivity contribution in [3.63, 3.8) is 0 Å². The van der Waals surface area contributed by atoms with Gasteiger partial charge in [0, 0.05) is 13.1 Å². The highest BCUT2D eigenvalue weighted by atomic mass is 16.5. The molecule has 0 aromatic carbocycles. The van der Waals surface area contributed by atoms with E-state index in [4.69, 9.17) is 0 Å². The Morgan fingerprint density at radius 3 is 2.88 bits per heavy atom. The molecule has 0 saturated heterocycles. The van der Waals surface area contributed by atoms with Crippen LogP contribution in [0.2, 0.25) is 0 Å². The number of anilines is 1. The van der Waals surface area contributed by atoms with Gasteiger partial charge >= 0.3 is 12.0 Å². The van der Waals surface area contributed by atoms with E-state index in [9.17, 15) is 9.59 Å². The lowest BCUT2D eigenvalue weighted by Gasteiger charge is -2.06. The summed E-state index contributed by atoms with van der Waals surface area (Å²) >= 11 is 0. The number of rotatable bonds is 4. The van der Waals surface area contributed by atoms with Crippen LogP contribution in [0.1, 0.15) is 6.92 Å². The van der Waals surface area contributed by atoms with Crippen LogP contribution in [0, 0.1) is 0 Å². The zero-order chi connectivity index (χ0) is 12.0. The number of carbonyl (C=O) groups excluding carboxylic acids is 2. The predicted octanol–water partition coefficient (Wildman–Crippen LogP) is 0.105. The number of aryl methyl sites for hydroxylation is 1. The Bertz CT molecular complexity index is 375. The maximum Gasteiger partial charge on any atom is 0.325 e. The Hall–Kier alpha value is -2.05. The number of esters is 1. The zero-order valence-electron chi connectivity index (χ0n) is 9.19. The maximum absolute atomic E-state index is 11.3. The van der Waals surface area contributed by atoms with Crippen LogP contribution in [0.3, 0.4) is 0 Å². The molecule has 1 rings (SSSR count). The Kier molecular flexibility index (Phi) is 4.31. The highest BCUT2D eigenvalue weighted by molar-refractivity contribution is 5.90. The van der Waals surface area contributed by atoms with Crippen molar-refractivity contribution in [3.8, 4) is 0 Å². The van der Waals surface area contributed by atoms with Gasteiger partial charge in [0.05, 0.1) is 12.8 Å². The fourth-order valence-electron chi connectivity index (χ4n) is 1.02. The summed E-state index contributed by atoms with van der Waals surface area (Å²) in [4.78, 5) is 22.2. The third-order valence-corrected chi connectivity index (χ3v) is 1.76. The van der Waals surface area contributed by atoms with Gasteiger partial charge in [-0.05, 0) is 6.92 Å². The van der Waals surface area contributed by atoms with Crippen molar-refractivity contribution in [1.29, 1.82) is 0 Å². The monoisotopic (exact) mass is 226 g/mol. The molecule has 0 aliphatic rings. The molecular formula is C9H14N4O3. The summed E-state index contributed by atoms with van der Waals surface area (Å²) in [5, 5.41) is 8.77. The Balaban J connectivity index is 2.32. The molecular weight excluding hydrogens is 212 g/mol. The van der Waals surface area contributed by atoms with E-state index in [1.165, 1.54) is 4.68 Å². The topological polar surface area (TPSA) is 85.2 Å². The fraction of sp³-hybridized carbons (Fsp3) is 0.444. The maximum atomic E-state index is 11.3. The van der Waals surface area contributed by atoms with Gasteiger partial charge in [0.2, 0.25) is 0 Å². The molecule has 1 aromatic rings. The van der Waals surface area contributed by atoms with Crippen molar-refractivity contribution >= 4 is 17.8 Å². The van der Waals surface area contributed by atoms with Gasteiger partial charge in [-0.1, -0.05) is 0 Å². The number of hydrogen-bond acceptors (Lipinski definition) is 4. The molecule has 2 N–H and O–H groups in total. The van der Waals surface area contributed by atoms with Gasteiger partial charge in [0.15, 0.2) is 0 Å². The molecule has 1 aromatic heterocycles. The summed E-state index contributed by atoms with van der Waals surface area (Å²) in [6.07, 6.45) is 1.56. The second-order valence-electron chi connectivity index (χ2n) is 2.95. The lowest BCUT2D eigenvalue weighted by Crippen LogP contribution is -2.34. The highest BCUT2D eigenvalue weighted by Gasteiger charge is 2.07. The van der Waals surface area contributed by atoms with Gasteiger partial charge in [-0.25, -0.2) is 4.79 Å². The van der Waals surface area contributed by atoms with E-state index in [1.54, 1.807) is 26.2 Å². The van der Waals surface area contributed by atoms with Crippen LogP contribution in [-0.2, 0) is 16.6 Å². The first-order valence-corrected chi connectivity index (χ1v) is 4.82. The molecule has 7 nitrogen and oxygen atoms in total. The highest BCUT2D eigenvalue weighted by Crippen LogP contribution is 2.01. The minimum absolute atomic E-state index is 0.155. The normalized spacial score (nSPS) is 9.62. The first-order chi connectivity index (χ1) is 7.63. The van der Waals surface area contributed by atoms with Gasteiger partial charge in [0.25, 0.3) is 0 Å². The van der Waals surface area contributed by atoms with Crippen molar-refractivity contribution in [2.24, 2.45) is 7.05 Å². The fourth-order valence-corrected chi connectivity index (χ4v) is 1.02. The number of aromatic nitrogens is 2. The van der Waals surface area contributed by atoms with Gasteiger partial charge < -0.3 is 10.1 Å². The van der Waals surface area contributed by atoms with E-state index in [1.807, 2.05) is 0 Å². The third kappa shape index (κ3) is 3.60. The number of urea groups is 1. The molecule has 0 bridgehead atoms. The summed E-state index contributed by atoms with van der Waals surface area (Å²) in [6, 6.07) is 1.17. The average Bonchev–Trinajstić information content (AvgIpc) is 2.62. The number of amides is 2. The van der Waals surface area contributed by atoms with Crippen molar-refractivity contribution in [3.05, 3.63) is 12.3 Å². The number of carbonyl (C=O) groups is 2. The molecule has 0 atom stereocenters. The summed E-state index contributed by atoms with van der Waals surface area (Å²) in [6.45, 7) is 1.84. The SMILES string of the molecule is CCOC(=O)CNC(=O)Nc1ccnn1C. The largest absolute Gasteiger partial charge is 0.465 e. The first kappa shape index (κ1) is 12.0. The van der Waals surface area contributed by atoms with E-state index in [0.717, 1.165) is 0 Å². The van der Waals surface area contributed by atoms with Crippen LogP contribution in [-0.4, -0.2) is 34.9 Å². The molecule has 0 unspecified atom stereocenters. The van der Waals surface area contributed by atoms with Gasteiger partial charge in [-0.2, -0.15) is 5.10 Å². The van der Waals surface area contributed by atoms with E-state index in [0.29, 0.717) is 12.4 Å². The molecule has 0 aliphatic heterocycles. The third-order valence-electron chi connectivity index (χ3n) is 1.76. The first-order valence-electron chi connectivity index (χ1n) is 4.82. The minimum Gasteiger partial charge on any atom is -0.465 e. The number of nitrogens with one attached hydrogen (secondary N) is 2. The zero-order valence-corrected chi connectivity index (χ0v) is 9.19. The standard InChI is InChI=1S/C9H14N4O3/c1-3-16-8(14)6-10-9(15)12-7-4-5-11-13(7)2/h4-5H,3,6H2,1-2H3,(H2,10,12,15). The molecule has 0 spiro atoms. The van der Waals surface area contributed by atoms with Crippen molar-refractivity contribution < 1.29 is 14.3 Å². The summed E-state index contributed by atoms with van der Waals surface area (Å²) < 4.78 is 6.16. The Morgan fingerprint density at radius 1 is 1.56 bits per heavy atom. The van der Waals surface area contributed by atoms with Crippen LogP contribution in [0.15, 0.2) is 12.3 Å². The quantitative estimate of drug-likeness (QED) is 0.713.